The summed E-state index contributed by atoms with van der Waals surface area (Å²) in [5.41, 5.74) is 11.6. The van der Waals surface area contributed by atoms with E-state index in [0.717, 1.165) is 17.8 Å². The van der Waals surface area contributed by atoms with Gasteiger partial charge in [0.2, 0.25) is 0 Å². The van der Waals surface area contributed by atoms with Crippen LogP contribution in [0.1, 0.15) is 22.4 Å². The van der Waals surface area contributed by atoms with Gasteiger partial charge in [0.05, 0.1) is 11.4 Å². The molecule has 0 bridgehead atoms. The van der Waals surface area contributed by atoms with Gasteiger partial charge in [-0.25, -0.2) is 4.68 Å². The molecule has 1 aromatic carbocycles. The molecule has 1 aromatic heterocycles. The molecule has 2 rings (SSSR count). The van der Waals surface area contributed by atoms with Gasteiger partial charge in [-0.15, -0.1) is 0 Å². The van der Waals surface area contributed by atoms with Crippen molar-refractivity contribution in [2.45, 2.75) is 27.2 Å². The lowest BCUT2D eigenvalue weighted by Crippen LogP contribution is -2.02. The fourth-order valence-corrected chi connectivity index (χ4v) is 2.00. The van der Waals surface area contributed by atoms with Crippen LogP contribution in [0, 0.1) is 20.8 Å². The zero-order valence-electron chi connectivity index (χ0n) is 10.7. The van der Waals surface area contributed by atoms with Crippen molar-refractivity contribution < 1.29 is 0 Å². The Labute approximate surface area is 102 Å². The zero-order valence-corrected chi connectivity index (χ0v) is 10.7. The van der Waals surface area contributed by atoms with E-state index in [0.29, 0.717) is 6.54 Å². The molecular weight excluding hydrogens is 210 g/mol. The first-order valence-electron chi connectivity index (χ1n) is 5.95. The summed E-state index contributed by atoms with van der Waals surface area (Å²) in [7, 11) is 0. The van der Waals surface area contributed by atoms with Gasteiger partial charge in [0.25, 0.3) is 0 Å². The number of aromatic nitrogens is 2. The molecule has 0 unspecified atom stereocenters. The van der Waals surface area contributed by atoms with E-state index in [1.54, 1.807) is 0 Å². The lowest BCUT2D eigenvalue weighted by molar-refractivity contribution is 0.854. The minimum Gasteiger partial charge on any atom is -0.330 e. The number of nitrogens with two attached hydrogens (primary N) is 1. The summed E-state index contributed by atoms with van der Waals surface area (Å²) < 4.78 is 1.96. The molecule has 1 heterocycles. The summed E-state index contributed by atoms with van der Waals surface area (Å²) >= 11 is 0. The predicted octanol–water partition coefficient (Wildman–Crippen LogP) is 2.30. The van der Waals surface area contributed by atoms with Crippen molar-refractivity contribution in [1.82, 2.24) is 9.78 Å². The minimum absolute atomic E-state index is 0.666. The third-order valence-electron chi connectivity index (χ3n) is 3.24. The summed E-state index contributed by atoms with van der Waals surface area (Å²) in [6.45, 7) is 6.95. The summed E-state index contributed by atoms with van der Waals surface area (Å²) in [5, 5.41) is 4.56. The average molecular weight is 229 g/mol. The molecule has 0 spiro atoms. The molecular formula is C14H19N3. The molecule has 2 aromatic rings. The van der Waals surface area contributed by atoms with Gasteiger partial charge in [0, 0.05) is 6.20 Å². The van der Waals surface area contributed by atoms with Crippen LogP contribution < -0.4 is 5.73 Å². The van der Waals surface area contributed by atoms with Gasteiger partial charge in [-0.1, -0.05) is 12.1 Å². The maximum absolute atomic E-state index is 5.59. The molecule has 0 atom stereocenters. The summed E-state index contributed by atoms with van der Waals surface area (Å²) in [5.74, 6) is 0. The van der Waals surface area contributed by atoms with Crippen molar-refractivity contribution in [2.24, 2.45) is 5.73 Å². The van der Waals surface area contributed by atoms with Crippen LogP contribution >= 0.6 is 0 Å². The Morgan fingerprint density at radius 3 is 2.71 bits per heavy atom. The maximum Gasteiger partial charge on any atom is 0.0677 e. The van der Waals surface area contributed by atoms with E-state index >= 15 is 0 Å². The fraction of sp³-hybridized carbons (Fsp3) is 0.357. The van der Waals surface area contributed by atoms with Crippen molar-refractivity contribution in [3.8, 4) is 5.69 Å². The SMILES string of the molecule is Cc1cccc(-n2cc(CCN)c(C)n2)c1C. The van der Waals surface area contributed by atoms with Gasteiger partial charge in [-0.2, -0.15) is 5.10 Å². The van der Waals surface area contributed by atoms with Crippen molar-refractivity contribution >= 4 is 0 Å². The summed E-state index contributed by atoms with van der Waals surface area (Å²) in [6.07, 6.45) is 2.97. The minimum atomic E-state index is 0.666. The molecule has 0 aliphatic rings. The lowest BCUT2D eigenvalue weighted by Gasteiger charge is -2.07. The molecule has 0 aliphatic carbocycles. The second-order valence-corrected chi connectivity index (χ2v) is 4.44. The average Bonchev–Trinajstić information content (AvgIpc) is 2.65. The topological polar surface area (TPSA) is 43.8 Å². The molecule has 0 amide bonds. The fourth-order valence-electron chi connectivity index (χ4n) is 2.00. The van der Waals surface area contributed by atoms with Gasteiger partial charge in [0.1, 0.15) is 0 Å². The third-order valence-corrected chi connectivity index (χ3v) is 3.24. The Bertz CT molecular complexity index is 526. The van der Waals surface area contributed by atoms with Crippen molar-refractivity contribution in [2.75, 3.05) is 6.54 Å². The van der Waals surface area contributed by atoms with Gasteiger partial charge >= 0.3 is 0 Å². The van der Waals surface area contributed by atoms with Crippen molar-refractivity contribution in [3.05, 3.63) is 46.8 Å². The summed E-state index contributed by atoms with van der Waals surface area (Å²) in [6, 6.07) is 6.29. The van der Waals surface area contributed by atoms with Gasteiger partial charge in [0.15, 0.2) is 0 Å². The Morgan fingerprint density at radius 2 is 2.00 bits per heavy atom. The largest absolute Gasteiger partial charge is 0.330 e. The van der Waals surface area contributed by atoms with E-state index in [1.807, 2.05) is 11.6 Å². The maximum atomic E-state index is 5.59. The van der Waals surface area contributed by atoms with Crippen molar-refractivity contribution in [3.63, 3.8) is 0 Å². The highest BCUT2D eigenvalue weighted by Crippen LogP contribution is 2.18. The van der Waals surface area contributed by atoms with Crippen LogP contribution in [0.25, 0.3) is 5.69 Å². The normalized spacial score (nSPS) is 10.8. The molecule has 0 saturated carbocycles. The number of hydrogen-bond donors (Lipinski definition) is 1. The van der Waals surface area contributed by atoms with Crippen LogP contribution in [0.3, 0.4) is 0 Å². The second kappa shape index (κ2) is 4.72. The molecule has 17 heavy (non-hydrogen) atoms. The van der Waals surface area contributed by atoms with E-state index in [4.69, 9.17) is 5.73 Å². The van der Waals surface area contributed by atoms with E-state index in [9.17, 15) is 0 Å². The molecule has 0 aliphatic heterocycles. The monoisotopic (exact) mass is 229 g/mol. The quantitative estimate of drug-likeness (QED) is 0.877. The second-order valence-electron chi connectivity index (χ2n) is 4.44. The van der Waals surface area contributed by atoms with Gasteiger partial charge in [-0.3, -0.25) is 0 Å². The summed E-state index contributed by atoms with van der Waals surface area (Å²) in [4.78, 5) is 0. The number of hydrogen-bond acceptors (Lipinski definition) is 2. The van der Waals surface area contributed by atoms with E-state index < -0.39 is 0 Å². The van der Waals surface area contributed by atoms with E-state index in [2.05, 4.69) is 43.3 Å². The Hall–Kier alpha value is -1.61. The number of nitrogens with zero attached hydrogens (tertiary/aromatic N) is 2. The Kier molecular flexibility index (Phi) is 3.29. The molecule has 2 N–H and O–H groups in total. The Balaban J connectivity index is 2.46. The van der Waals surface area contributed by atoms with Crippen LogP contribution in [0.4, 0.5) is 0 Å². The van der Waals surface area contributed by atoms with Crippen molar-refractivity contribution in [1.29, 1.82) is 0 Å². The molecule has 0 fully saturated rings. The molecule has 3 heteroatoms. The first-order chi connectivity index (χ1) is 8.13. The van der Waals surface area contributed by atoms with Crippen LogP contribution in [-0.2, 0) is 6.42 Å². The molecule has 3 nitrogen and oxygen atoms in total. The van der Waals surface area contributed by atoms with Crippen LogP contribution in [0.2, 0.25) is 0 Å². The standard InChI is InChI=1S/C14H19N3/c1-10-5-4-6-14(11(10)2)17-9-13(7-8-15)12(3)16-17/h4-6,9H,7-8,15H2,1-3H3. The number of rotatable bonds is 3. The smallest absolute Gasteiger partial charge is 0.0677 e. The predicted molar refractivity (Wildman–Crippen MR) is 70.5 cm³/mol. The van der Waals surface area contributed by atoms with E-state index in [-0.39, 0.29) is 0 Å². The van der Waals surface area contributed by atoms with Gasteiger partial charge < -0.3 is 5.73 Å². The molecule has 0 radical (unpaired) electrons. The van der Waals surface area contributed by atoms with Crippen LogP contribution in [-0.4, -0.2) is 16.3 Å². The van der Waals surface area contributed by atoms with E-state index in [1.165, 1.54) is 16.7 Å². The molecule has 0 saturated heterocycles. The first-order valence-corrected chi connectivity index (χ1v) is 5.95. The van der Waals surface area contributed by atoms with Crippen LogP contribution in [0.5, 0.6) is 0 Å². The Morgan fingerprint density at radius 1 is 1.24 bits per heavy atom. The third kappa shape index (κ3) is 2.24. The first kappa shape index (κ1) is 11.9. The zero-order chi connectivity index (χ0) is 12.4. The number of benzene rings is 1. The van der Waals surface area contributed by atoms with Crippen LogP contribution in [0.15, 0.2) is 24.4 Å². The highest BCUT2D eigenvalue weighted by atomic mass is 15.3. The highest BCUT2D eigenvalue weighted by molar-refractivity contribution is 5.44. The lowest BCUT2D eigenvalue weighted by atomic mass is 10.1. The number of aryl methyl sites for hydroxylation is 2. The van der Waals surface area contributed by atoms with Gasteiger partial charge in [-0.05, 0) is 56.5 Å². The molecule has 90 valence electrons. The highest BCUT2D eigenvalue weighted by Gasteiger charge is 2.08.